The van der Waals surface area contributed by atoms with Crippen LogP contribution in [0.2, 0.25) is 36.3 Å². The van der Waals surface area contributed by atoms with Crippen molar-refractivity contribution in [3.05, 3.63) is 59.7 Å². The van der Waals surface area contributed by atoms with E-state index in [0.29, 0.717) is 0 Å². The van der Waals surface area contributed by atoms with Crippen LogP contribution in [0, 0.1) is 22.9 Å². The molecule has 2 aromatic rings. The lowest BCUT2D eigenvalue weighted by atomic mass is 10.1. The highest BCUT2D eigenvalue weighted by Crippen LogP contribution is 2.25. The highest BCUT2D eigenvalue weighted by molar-refractivity contribution is 6.87. The Balaban J connectivity index is 2.53. The zero-order chi connectivity index (χ0) is 23.5. The van der Waals surface area contributed by atoms with Crippen molar-refractivity contribution in [3.63, 3.8) is 0 Å². The highest BCUT2D eigenvalue weighted by atomic mass is 28.3. The third kappa shape index (κ3) is 6.79. The van der Waals surface area contributed by atoms with E-state index in [9.17, 15) is 0 Å². The molecule has 2 aromatic carbocycles. The quantitative estimate of drug-likeness (QED) is 0.214. The lowest BCUT2D eigenvalue weighted by Gasteiger charge is -2.20. The smallest absolute Gasteiger partial charge is 0.138 e. The summed E-state index contributed by atoms with van der Waals surface area (Å²) in [5.74, 6) is 7.03. The van der Waals surface area contributed by atoms with E-state index >= 15 is 0 Å². The molecule has 32 heavy (non-hydrogen) atoms. The van der Waals surface area contributed by atoms with Gasteiger partial charge >= 0.3 is 0 Å². The minimum absolute atomic E-state index is 0.822. The molecule has 0 atom stereocenters. The fourth-order valence-electron chi connectivity index (χ4n) is 3.84. The molecule has 0 aliphatic heterocycles. The van der Waals surface area contributed by atoms with Gasteiger partial charge < -0.3 is 0 Å². The summed E-state index contributed by atoms with van der Waals surface area (Å²) in [5.41, 5.74) is 11.1. The van der Waals surface area contributed by atoms with Crippen molar-refractivity contribution in [2.24, 2.45) is 10.2 Å². The molecule has 4 heteroatoms. The van der Waals surface area contributed by atoms with Gasteiger partial charge in [0.15, 0.2) is 0 Å². The monoisotopic (exact) mass is 458 g/mol. The zero-order valence-electron chi connectivity index (χ0n) is 20.8. The molecule has 0 aliphatic carbocycles. The Morgan fingerprint density at radius 3 is 1.69 bits per heavy atom. The van der Waals surface area contributed by atoms with Gasteiger partial charge in [-0.3, -0.25) is 0 Å². The maximum Gasteiger partial charge on any atom is 0.138 e. The van der Waals surface area contributed by atoms with E-state index in [0.717, 1.165) is 22.5 Å². The molecule has 0 radical (unpaired) electrons. The van der Waals surface area contributed by atoms with E-state index < -0.39 is 16.1 Å². The fourth-order valence-corrected chi connectivity index (χ4v) is 8.71. The maximum absolute atomic E-state index is 4.55. The summed E-state index contributed by atoms with van der Waals surface area (Å²) in [6, 6.07) is 23.3. The van der Waals surface area contributed by atoms with E-state index in [4.69, 9.17) is 0 Å². The molecular formula is C28H38N2Si2. The lowest BCUT2D eigenvalue weighted by Crippen LogP contribution is -2.29. The van der Waals surface area contributed by atoms with Gasteiger partial charge in [0.2, 0.25) is 0 Å². The molecule has 0 unspecified atom stereocenters. The minimum atomic E-state index is -1.56. The fraction of sp³-hybridized carbons (Fsp3) is 0.429. The Labute approximate surface area is 198 Å². The van der Waals surface area contributed by atoms with E-state index in [1.165, 1.54) is 36.3 Å². The van der Waals surface area contributed by atoms with Crippen LogP contribution in [0.25, 0.3) is 0 Å². The number of nitrogens with zero attached hydrogens (tertiary/aromatic N) is 2. The van der Waals surface area contributed by atoms with Crippen molar-refractivity contribution >= 4 is 27.5 Å². The number of hydrogen-bond donors (Lipinski definition) is 0. The second-order valence-corrected chi connectivity index (χ2v) is 18.3. The number of benzene rings is 2. The van der Waals surface area contributed by atoms with Crippen molar-refractivity contribution in [2.75, 3.05) is 0 Å². The Hall–Kier alpha value is -2.41. The predicted octanol–water partition coefficient (Wildman–Crippen LogP) is 8.90. The Bertz CT molecular complexity index is 996. The predicted molar refractivity (Wildman–Crippen MR) is 145 cm³/mol. The summed E-state index contributed by atoms with van der Waals surface area (Å²) in [6.45, 7) is 13.7. The van der Waals surface area contributed by atoms with Gasteiger partial charge in [0.1, 0.15) is 21.8 Å². The Morgan fingerprint density at radius 2 is 1.16 bits per heavy atom. The molecule has 0 saturated carbocycles. The minimum Gasteiger partial charge on any atom is -0.151 e. The molecule has 0 amide bonds. The summed E-state index contributed by atoms with van der Waals surface area (Å²) in [5, 5.41) is 8.99. The van der Waals surface area contributed by atoms with Crippen molar-refractivity contribution < 1.29 is 0 Å². The molecule has 0 spiro atoms. The molecule has 0 aromatic heterocycles. The zero-order valence-corrected chi connectivity index (χ0v) is 22.8. The van der Waals surface area contributed by atoms with Crippen molar-refractivity contribution in [1.29, 1.82) is 0 Å². The standard InChI is InChI=1S/C28H38N2Si2/c1-7-31(8-2,9-3)22-20-25-18-19-28(30-29-27-16-14-13-15-17-27)26(24-25)21-23-32(10-4,11-5)12-6/h13-19,24H,7-12H2,1-6H3. The van der Waals surface area contributed by atoms with Gasteiger partial charge in [0.25, 0.3) is 0 Å². The molecule has 2 nitrogen and oxygen atoms in total. The van der Waals surface area contributed by atoms with Crippen LogP contribution >= 0.6 is 0 Å². The van der Waals surface area contributed by atoms with Crippen LogP contribution in [0.5, 0.6) is 0 Å². The maximum atomic E-state index is 4.55. The summed E-state index contributed by atoms with van der Waals surface area (Å²) in [7, 11) is -3.04. The Kier molecular flexibility index (Phi) is 10.2. The van der Waals surface area contributed by atoms with E-state index in [1.54, 1.807) is 0 Å². The van der Waals surface area contributed by atoms with E-state index in [2.05, 4.69) is 86.8 Å². The molecule has 0 heterocycles. The van der Waals surface area contributed by atoms with Gasteiger partial charge in [-0.05, 0) is 66.6 Å². The molecule has 168 valence electrons. The summed E-state index contributed by atoms with van der Waals surface area (Å²) in [6.07, 6.45) is 0. The second-order valence-electron chi connectivity index (χ2n) is 8.45. The molecule has 0 aliphatic rings. The van der Waals surface area contributed by atoms with Crippen LogP contribution in [-0.4, -0.2) is 16.1 Å². The first-order chi connectivity index (χ1) is 15.5. The van der Waals surface area contributed by atoms with Gasteiger partial charge in [-0.25, -0.2) is 0 Å². The first-order valence-electron chi connectivity index (χ1n) is 12.2. The summed E-state index contributed by atoms with van der Waals surface area (Å²) in [4.78, 5) is 0. The third-order valence-corrected chi connectivity index (χ3v) is 16.5. The average molecular weight is 459 g/mol. The van der Waals surface area contributed by atoms with Crippen LogP contribution in [0.4, 0.5) is 11.4 Å². The molecule has 0 fully saturated rings. The van der Waals surface area contributed by atoms with Crippen LogP contribution in [-0.2, 0) is 0 Å². The Morgan fingerprint density at radius 1 is 0.625 bits per heavy atom. The first kappa shape index (κ1) is 25.9. The first-order valence-corrected chi connectivity index (χ1v) is 17.4. The SMILES string of the molecule is CC[Si](C#Cc1ccc(N=Nc2ccccc2)c(C#C[Si](CC)(CC)CC)c1)(CC)CC. The molecular weight excluding hydrogens is 420 g/mol. The summed E-state index contributed by atoms with van der Waals surface area (Å²) < 4.78 is 0. The second kappa shape index (κ2) is 12.6. The molecule has 2 rings (SSSR count). The average Bonchev–Trinajstić information content (AvgIpc) is 2.86. The topological polar surface area (TPSA) is 24.7 Å². The van der Waals surface area contributed by atoms with Gasteiger partial charge in [-0.2, -0.15) is 5.11 Å². The van der Waals surface area contributed by atoms with Gasteiger partial charge in [-0.15, -0.1) is 16.2 Å². The number of hydrogen-bond acceptors (Lipinski definition) is 2. The van der Waals surface area contributed by atoms with Gasteiger partial charge in [0.05, 0.1) is 11.3 Å². The van der Waals surface area contributed by atoms with Crippen LogP contribution < -0.4 is 0 Å². The molecule has 0 N–H and O–H groups in total. The third-order valence-electron chi connectivity index (χ3n) is 7.02. The number of rotatable bonds is 8. The van der Waals surface area contributed by atoms with Gasteiger partial charge in [0, 0.05) is 5.56 Å². The normalized spacial score (nSPS) is 11.6. The van der Waals surface area contributed by atoms with E-state index in [1.807, 2.05) is 36.4 Å². The largest absolute Gasteiger partial charge is 0.151 e. The van der Waals surface area contributed by atoms with Crippen molar-refractivity contribution in [1.82, 2.24) is 0 Å². The number of azo groups is 1. The van der Waals surface area contributed by atoms with Crippen LogP contribution in [0.3, 0.4) is 0 Å². The van der Waals surface area contributed by atoms with Gasteiger partial charge in [-0.1, -0.05) is 71.6 Å². The van der Waals surface area contributed by atoms with Crippen molar-refractivity contribution in [2.45, 2.75) is 77.8 Å². The van der Waals surface area contributed by atoms with Crippen LogP contribution in [0.15, 0.2) is 58.8 Å². The molecule has 0 saturated heterocycles. The highest BCUT2D eigenvalue weighted by Gasteiger charge is 2.25. The lowest BCUT2D eigenvalue weighted by molar-refractivity contribution is 1.20. The van der Waals surface area contributed by atoms with E-state index in [-0.39, 0.29) is 0 Å². The van der Waals surface area contributed by atoms with Crippen LogP contribution in [0.1, 0.15) is 52.7 Å². The van der Waals surface area contributed by atoms with Crippen molar-refractivity contribution in [3.8, 4) is 22.9 Å². The summed E-state index contributed by atoms with van der Waals surface area (Å²) >= 11 is 0. The molecule has 0 bridgehead atoms.